The first-order valence-electron chi connectivity index (χ1n) is 5.84. The van der Waals surface area contributed by atoms with Gasteiger partial charge in [-0.2, -0.15) is 0 Å². The van der Waals surface area contributed by atoms with Crippen LogP contribution in [0.3, 0.4) is 0 Å². The Bertz CT molecular complexity index is 224. The summed E-state index contributed by atoms with van der Waals surface area (Å²) >= 11 is 5.74. The van der Waals surface area contributed by atoms with E-state index < -0.39 is 0 Å². The van der Waals surface area contributed by atoms with E-state index >= 15 is 0 Å². The van der Waals surface area contributed by atoms with Crippen molar-refractivity contribution in [1.82, 2.24) is 5.32 Å². The summed E-state index contributed by atoms with van der Waals surface area (Å²) in [5, 5.41) is 3.05. The van der Waals surface area contributed by atoms with Crippen molar-refractivity contribution in [1.29, 1.82) is 0 Å². The minimum absolute atomic E-state index is 0.108. The van der Waals surface area contributed by atoms with E-state index in [-0.39, 0.29) is 11.8 Å². The van der Waals surface area contributed by atoms with Crippen LogP contribution in [0.25, 0.3) is 0 Å². The molecule has 1 atom stereocenters. The second-order valence-electron chi connectivity index (χ2n) is 5.19. The molecule has 1 saturated carbocycles. The third-order valence-electron chi connectivity index (χ3n) is 3.63. The molecule has 0 radical (unpaired) electrons. The van der Waals surface area contributed by atoms with Gasteiger partial charge in [0.15, 0.2) is 0 Å². The van der Waals surface area contributed by atoms with Crippen LogP contribution < -0.4 is 5.32 Å². The molecule has 3 heteroatoms. The zero-order chi connectivity index (χ0) is 11.5. The van der Waals surface area contributed by atoms with Crippen LogP contribution in [0, 0.1) is 17.3 Å². The van der Waals surface area contributed by atoms with E-state index in [9.17, 15) is 4.79 Å². The number of hydrogen-bond donors (Lipinski definition) is 1. The largest absolute Gasteiger partial charge is 0.355 e. The predicted molar refractivity (Wildman–Crippen MR) is 64.0 cm³/mol. The Labute approximate surface area is 97.8 Å². The van der Waals surface area contributed by atoms with Crippen molar-refractivity contribution < 1.29 is 4.79 Å². The first kappa shape index (κ1) is 12.8. The molecule has 0 aromatic heterocycles. The number of amides is 1. The van der Waals surface area contributed by atoms with Crippen molar-refractivity contribution in [3.63, 3.8) is 0 Å². The maximum absolute atomic E-state index is 11.7. The Kier molecular flexibility index (Phi) is 4.45. The summed E-state index contributed by atoms with van der Waals surface area (Å²) in [6, 6.07) is 0. The van der Waals surface area contributed by atoms with Crippen LogP contribution in [0.5, 0.6) is 0 Å². The Morgan fingerprint density at radius 2 is 2.00 bits per heavy atom. The second-order valence-corrected chi connectivity index (χ2v) is 5.57. The third-order valence-corrected chi connectivity index (χ3v) is 3.82. The summed E-state index contributed by atoms with van der Waals surface area (Å²) < 4.78 is 0. The van der Waals surface area contributed by atoms with Gasteiger partial charge in [0.25, 0.3) is 0 Å². The molecule has 1 fully saturated rings. The molecule has 2 nitrogen and oxygen atoms in total. The molecule has 0 aromatic rings. The molecule has 15 heavy (non-hydrogen) atoms. The highest BCUT2D eigenvalue weighted by Crippen LogP contribution is 2.48. The normalized spacial score (nSPS) is 20.1. The molecule has 0 aliphatic heterocycles. The molecular formula is C12H22ClNO. The average Bonchev–Trinajstić information content (AvgIpc) is 2.94. The van der Waals surface area contributed by atoms with Gasteiger partial charge in [-0.25, -0.2) is 0 Å². The van der Waals surface area contributed by atoms with Crippen molar-refractivity contribution in [2.45, 2.75) is 40.0 Å². The third kappa shape index (κ3) is 3.67. The van der Waals surface area contributed by atoms with Gasteiger partial charge in [-0.3, -0.25) is 4.79 Å². The van der Waals surface area contributed by atoms with Crippen LogP contribution in [0.4, 0.5) is 0 Å². The van der Waals surface area contributed by atoms with E-state index in [0.717, 1.165) is 13.0 Å². The molecule has 1 rings (SSSR count). The van der Waals surface area contributed by atoms with E-state index in [2.05, 4.69) is 19.2 Å². The highest BCUT2D eigenvalue weighted by atomic mass is 35.5. The minimum atomic E-state index is 0.108. The molecule has 88 valence electrons. The van der Waals surface area contributed by atoms with Crippen LogP contribution in [-0.2, 0) is 4.79 Å². The number of nitrogens with one attached hydrogen (secondary N) is 1. The van der Waals surface area contributed by atoms with E-state index in [1.54, 1.807) is 0 Å². The highest BCUT2D eigenvalue weighted by Gasteiger charge is 2.41. The molecule has 0 heterocycles. The fourth-order valence-corrected chi connectivity index (χ4v) is 2.03. The molecule has 1 aliphatic carbocycles. The summed E-state index contributed by atoms with van der Waals surface area (Å²) in [7, 11) is 0. The molecular weight excluding hydrogens is 210 g/mol. The van der Waals surface area contributed by atoms with E-state index in [0.29, 0.717) is 17.2 Å². The van der Waals surface area contributed by atoms with E-state index in [1.165, 1.54) is 12.8 Å². The second kappa shape index (κ2) is 5.20. The SMILES string of the molecule is CC(C)C(C)C(=O)NCC1(CCCl)CC1. The summed E-state index contributed by atoms with van der Waals surface area (Å²) in [6.45, 7) is 6.96. The zero-order valence-electron chi connectivity index (χ0n) is 9.98. The highest BCUT2D eigenvalue weighted by molar-refractivity contribution is 6.17. The van der Waals surface area contributed by atoms with Crippen LogP contribution >= 0.6 is 11.6 Å². The van der Waals surface area contributed by atoms with E-state index in [4.69, 9.17) is 11.6 Å². The maximum atomic E-state index is 11.7. The van der Waals surface area contributed by atoms with Crippen molar-refractivity contribution in [2.75, 3.05) is 12.4 Å². The van der Waals surface area contributed by atoms with Crippen LogP contribution in [0.15, 0.2) is 0 Å². The van der Waals surface area contributed by atoms with Gasteiger partial charge < -0.3 is 5.32 Å². The number of rotatable bonds is 6. The Balaban J connectivity index is 2.28. The van der Waals surface area contributed by atoms with Crippen molar-refractivity contribution >= 4 is 17.5 Å². The number of carbonyl (C=O) groups is 1. The van der Waals surface area contributed by atoms with Crippen molar-refractivity contribution in [3.05, 3.63) is 0 Å². The summed E-state index contributed by atoms with van der Waals surface area (Å²) in [6.07, 6.45) is 3.47. The fourth-order valence-electron chi connectivity index (χ4n) is 1.63. The topological polar surface area (TPSA) is 29.1 Å². The maximum Gasteiger partial charge on any atom is 0.223 e. The Morgan fingerprint density at radius 3 is 2.40 bits per heavy atom. The molecule has 0 spiro atoms. The summed E-state index contributed by atoms with van der Waals surface area (Å²) in [5.74, 6) is 1.41. The number of halogens is 1. The summed E-state index contributed by atoms with van der Waals surface area (Å²) in [4.78, 5) is 11.7. The number of carbonyl (C=O) groups excluding carboxylic acids is 1. The monoisotopic (exact) mass is 231 g/mol. The standard InChI is InChI=1S/C12H22ClNO/c1-9(2)10(3)11(15)14-8-12(4-5-12)6-7-13/h9-10H,4-8H2,1-3H3,(H,14,15). The molecule has 1 aliphatic rings. The quantitative estimate of drug-likeness (QED) is 0.700. The predicted octanol–water partition coefficient (Wildman–Crippen LogP) is 2.80. The molecule has 0 saturated heterocycles. The molecule has 0 aromatic carbocycles. The van der Waals surface area contributed by atoms with Gasteiger partial charge in [-0.15, -0.1) is 11.6 Å². The zero-order valence-corrected chi connectivity index (χ0v) is 10.7. The lowest BCUT2D eigenvalue weighted by Crippen LogP contribution is -2.36. The smallest absolute Gasteiger partial charge is 0.223 e. The fraction of sp³-hybridized carbons (Fsp3) is 0.917. The Hall–Kier alpha value is -0.240. The van der Waals surface area contributed by atoms with Gasteiger partial charge in [0, 0.05) is 18.3 Å². The van der Waals surface area contributed by atoms with Crippen LogP contribution in [0.1, 0.15) is 40.0 Å². The molecule has 1 amide bonds. The summed E-state index contributed by atoms with van der Waals surface area (Å²) in [5.41, 5.74) is 0.341. The molecule has 1 unspecified atom stereocenters. The van der Waals surface area contributed by atoms with Crippen LogP contribution in [0.2, 0.25) is 0 Å². The van der Waals surface area contributed by atoms with Gasteiger partial charge in [0.2, 0.25) is 5.91 Å². The van der Waals surface area contributed by atoms with Gasteiger partial charge in [-0.05, 0) is 30.6 Å². The Morgan fingerprint density at radius 1 is 1.40 bits per heavy atom. The molecule has 1 N–H and O–H groups in total. The minimum Gasteiger partial charge on any atom is -0.355 e. The van der Waals surface area contributed by atoms with Gasteiger partial charge in [-0.1, -0.05) is 20.8 Å². The lowest BCUT2D eigenvalue weighted by molar-refractivity contribution is -0.125. The average molecular weight is 232 g/mol. The first-order valence-corrected chi connectivity index (χ1v) is 6.38. The van der Waals surface area contributed by atoms with Gasteiger partial charge in [0.1, 0.15) is 0 Å². The number of hydrogen-bond acceptors (Lipinski definition) is 1. The molecule has 0 bridgehead atoms. The van der Waals surface area contributed by atoms with E-state index in [1.807, 2.05) is 6.92 Å². The lowest BCUT2D eigenvalue weighted by atomic mass is 9.96. The van der Waals surface area contributed by atoms with Crippen LogP contribution in [-0.4, -0.2) is 18.3 Å². The van der Waals surface area contributed by atoms with Gasteiger partial charge >= 0.3 is 0 Å². The van der Waals surface area contributed by atoms with Gasteiger partial charge in [0.05, 0.1) is 0 Å². The first-order chi connectivity index (χ1) is 7.01. The lowest BCUT2D eigenvalue weighted by Gasteiger charge is -2.19. The van der Waals surface area contributed by atoms with Crippen molar-refractivity contribution in [3.8, 4) is 0 Å². The van der Waals surface area contributed by atoms with Crippen molar-refractivity contribution in [2.24, 2.45) is 17.3 Å². The number of alkyl halides is 1.